The smallest absolute Gasteiger partial charge is 0.335 e. The molecular formula is C31H29NO5. The molecule has 3 aromatic carbocycles. The van der Waals surface area contributed by atoms with E-state index >= 15 is 0 Å². The van der Waals surface area contributed by atoms with Crippen molar-refractivity contribution in [2.45, 2.75) is 44.9 Å². The molecule has 1 amide bonds. The lowest BCUT2D eigenvalue weighted by molar-refractivity contribution is -0.130. The highest BCUT2D eigenvalue weighted by Gasteiger charge is 2.34. The van der Waals surface area contributed by atoms with Gasteiger partial charge < -0.3 is 4.84 Å². The Balaban J connectivity index is 1.35. The van der Waals surface area contributed by atoms with Crippen LogP contribution in [-0.4, -0.2) is 23.4 Å². The van der Waals surface area contributed by atoms with Gasteiger partial charge in [-0.2, -0.15) is 5.48 Å². The highest BCUT2D eigenvalue weighted by molar-refractivity contribution is 6.27. The first-order valence-electron chi connectivity index (χ1n) is 12.5. The molecule has 37 heavy (non-hydrogen) atoms. The molecule has 4 rings (SSSR count). The zero-order valence-corrected chi connectivity index (χ0v) is 20.7. The summed E-state index contributed by atoms with van der Waals surface area (Å²) in [6.45, 7) is 1.74. The summed E-state index contributed by atoms with van der Waals surface area (Å²) in [5, 5.41) is 0. The highest BCUT2D eigenvalue weighted by atomic mass is 16.7. The summed E-state index contributed by atoms with van der Waals surface area (Å²) in [6, 6.07) is 25.2. The summed E-state index contributed by atoms with van der Waals surface area (Å²) < 4.78 is 0. The lowest BCUT2D eigenvalue weighted by Gasteiger charge is -2.26. The molecule has 1 atom stereocenters. The molecule has 1 aliphatic carbocycles. The molecule has 0 aliphatic heterocycles. The van der Waals surface area contributed by atoms with Crippen LogP contribution in [0.5, 0.6) is 0 Å². The predicted octanol–water partition coefficient (Wildman–Crippen LogP) is 6.00. The van der Waals surface area contributed by atoms with Gasteiger partial charge in [-0.05, 0) is 37.5 Å². The van der Waals surface area contributed by atoms with E-state index in [9.17, 15) is 19.2 Å². The summed E-state index contributed by atoms with van der Waals surface area (Å²) in [4.78, 5) is 55.5. The van der Waals surface area contributed by atoms with E-state index in [0.717, 1.165) is 18.4 Å². The molecule has 1 unspecified atom stereocenters. The van der Waals surface area contributed by atoms with Crippen molar-refractivity contribution in [2.75, 3.05) is 0 Å². The van der Waals surface area contributed by atoms with Gasteiger partial charge in [0.2, 0.25) is 0 Å². The maximum absolute atomic E-state index is 13.5. The average molecular weight is 496 g/mol. The second-order valence-electron chi connectivity index (χ2n) is 9.09. The number of ketones is 2. The fourth-order valence-electron chi connectivity index (χ4n) is 4.70. The van der Waals surface area contributed by atoms with Crippen molar-refractivity contribution in [3.63, 3.8) is 0 Å². The number of allylic oxidation sites excluding steroid dienone is 2. The van der Waals surface area contributed by atoms with Gasteiger partial charge in [0.25, 0.3) is 5.91 Å². The summed E-state index contributed by atoms with van der Waals surface area (Å²) in [5.74, 6) is -1.40. The van der Waals surface area contributed by atoms with E-state index in [1.54, 1.807) is 61.5 Å². The topological polar surface area (TPSA) is 89.5 Å². The number of Topliss-reactive ketones (excluding diaryl/α,β-unsaturated/α-hetero) is 2. The number of hydrogen-bond acceptors (Lipinski definition) is 5. The number of hydroxylamine groups is 1. The molecule has 0 bridgehead atoms. The van der Waals surface area contributed by atoms with Gasteiger partial charge in [-0.1, -0.05) is 85.6 Å². The maximum Gasteiger partial charge on any atom is 0.362 e. The lowest BCUT2D eigenvalue weighted by atomic mass is 9.75. The first-order valence-corrected chi connectivity index (χ1v) is 12.5. The Kier molecular flexibility index (Phi) is 8.41. The Bertz CT molecular complexity index is 1330. The van der Waals surface area contributed by atoms with E-state index in [4.69, 9.17) is 4.84 Å². The molecule has 0 saturated carbocycles. The van der Waals surface area contributed by atoms with Gasteiger partial charge in [-0.3, -0.25) is 14.4 Å². The van der Waals surface area contributed by atoms with E-state index in [0.29, 0.717) is 40.7 Å². The molecule has 0 fully saturated rings. The van der Waals surface area contributed by atoms with Crippen LogP contribution >= 0.6 is 0 Å². The van der Waals surface area contributed by atoms with Gasteiger partial charge in [0.1, 0.15) is 0 Å². The van der Waals surface area contributed by atoms with Crippen LogP contribution in [-0.2, 0) is 9.63 Å². The number of fused-ring (bicyclic) bond motifs is 1. The molecule has 6 heteroatoms. The standard InChI is InChI=1S/C31H29NO5/c1-21-28(30(35)26-19-12-11-18-25(26)29(21)34)24(22-13-5-2-6-14-22)17-9-4-10-20-27(33)32-37-31(36)23-15-7-3-8-16-23/h2-3,5-8,11-16,18-19,24H,4,9-10,17,20H2,1H3,(H,32,33). The Morgan fingerprint density at radius 2 is 1.35 bits per heavy atom. The van der Waals surface area contributed by atoms with Crippen LogP contribution in [0, 0.1) is 0 Å². The molecule has 0 spiro atoms. The Hall–Kier alpha value is -4.32. The number of nitrogens with one attached hydrogen (secondary N) is 1. The molecular weight excluding hydrogens is 466 g/mol. The normalized spacial score (nSPS) is 13.6. The number of benzene rings is 3. The predicted molar refractivity (Wildman–Crippen MR) is 140 cm³/mol. The third-order valence-corrected chi connectivity index (χ3v) is 6.62. The molecule has 0 heterocycles. The minimum absolute atomic E-state index is 0.0961. The number of carbonyl (C=O) groups is 4. The Morgan fingerprint density at radius 3 is 2.03 bits per heavy atom. The van der Waals surface area contributed by atoms with Gasteiger partial charge in [0.15, 0.2) is 11.6 Å². The zero-order chi connectivity index (χ0) is 26.2. The van der Waals surface area contributed by atoms with E-state index in [1.165, 1.54) is 0 Å². The van der Waals surface area contributed by atoms with Crippen LogP contribution in [0.2, 0.25) is 0 Å². The fraction of sp³-hybridized carbons (Fsp3) is 0.226. The average Bonchev–Trinajstić information content (AvgIpc) is 2.94. The third-order valence-electron chi connectivity index (χ3n) is 6.62. The summed E-state index contributed by atoms with van der Waals surface area (Å²) in [6.07, 6.45) is 2.99. The van der Waals surface area contributed by atoms with Gasteiger partial charge in [-0.25, -0.2) is 4.79 Å². The van der Waals surface area contributed by atoms with Crippen molar-refractivity contribution in [1.29, 1.82) is 0 Å². The molecule has 1 N–H and O–H groups in total. The first-order chi connectivity index (χ1) is 18.0. The van der Waals surface area contributed by atoms with Crippen LogP contribution < -0.4 is 5.48 Å². The zero-order valence-electron chi connectivity index (χ0n) is 20.7. The van der Waals surface area contributed by atoms with Crippen molar-refractivity contribution in [2.24, 2.45) is 0 Å². The van der Waals surface area contributed by atoms with E-state index in [2.05, 4.69) is 5.48 Å². The number of unbranched alkanes of at least 4 members (excludes halogenated alkanes) is 2. The van der Waals surface area contributed by atoms with Crippen LogP contribution in [0.3, 0.4) is 0 Å². The van der Waals surface area contributed by atoms with Crippen molar-refractivity contribution in [3.05, 3.63) is 118 Å². The van der Waals surface area contributed by atoms with Gasteiger partial charge in [0, 0.05) is 34.6 Å². The van der Waals surface area contributed by atoms with Gasteiger partial charge in [-0.15, -0.1) is 0 Å². The molecule has 6 nitrogen and oxygen atoms in total. The van der Waals surface area contributed by atoms with Crippen molar-refractivity contribution in [3.8, 4) is 0 Å². The molecule has 0 saturated heterocycles. The molecule has 3 aromatic rings. The lowest BCUT2D eigenvalue weighted by Crippen LogP contribution is -2.26. The van der Waals surface area contributed by atoms with Gasteiger partial charge >= 0.3 is 5.97 Å². The SMILES string of the molecule is CC1=C(C(CCCCCC(=O)NOC(=O)c2ccccc2)c2ccccc2)C(=O)c2ccccc2C1=O. The van der Waals surface area contributed by atoms with E-state index in [-0.39, 0.29) is 29.8 Å². The van der Waals surface area contributed by atoms with E-state index in [1.807, 2.05) is 30.3 Å². The minimum Gasteiger partial charge on any atom is -0.335 e. The summed E-state index contributed by atoms with van der Waals surface area (Å²) in [7, 11) is 0. The van der Waals surface area contributed by atoms with Crippen molar-refractivity contribution >= 4 is 23.4 Å². The van der Waals surface area contributed by atoms with Crippen molar-refractivity contribution < 1.29 is 24.0 Å². The Morgan fingerprint density at radius 1 is 0.757 bits per heavy atom. The minimum atomic E-state index is -0.614. The maximum atomic E-state index is 13.5. The quantitative estimate of drug-likeness (QED) is 0.290. The second-order valence-corrected chi connectivity index (χ2v) is 9.09. The first kappa shape index (κ1) is 25.8. The number of rotatable bonds is 9. The summed E-state index contributed by atoms with van der Waals surface area (Å²) in [5.41, 5.74) is 5.52. The number of amides is 1. The molecule has 0 radical (unpaired) electrons. The largest absolute Gasteiger partial charge is 0.362 e. The number of carbonyl (C=O) groups excluding carboxylic acids is 4. The van der Waals surface area contributed by atoms with Crippen LogP contribution in [0.4, 0.5) is 0 Å². The monoisotopic (exact) mass is 495 g/mol. The second kappa shape index (κ2) is 12.1. The van der Waals surface area contributed by atoms with Crippen LogP contribution in [0.15, 0.2) is 96.1 Å². The molecule has 188 valence electrons. The molecule has 0 aromatic heterocycles. The van der Waals surface area contributed by atoms with Crippen LogP contribution in [0.25, 0.3) is 0 Å². The van der Waals surface area contributed by atoms with Crippen LogP contribution in [0.1, 0.15) is 81.6 Å². The van der Waals surface area contributed by atoms with E-state index < -0.39 is 5.97 Å². The van der Waals surface area contributed by atoms with Gasteiger partial charge in [0.05, 0.1) is 5.56 Å². The summed E-state index contributed by atoms with van der Waals surface area (Å²) >= 11 is 0. The molecule has 1 aliphatic rings. The number of hydrogen-bond donors (Lipinski definition) is 1. The van der Waals surface area contributed by atoms with Crippen molar-refractivity contribution in [1.82, 2.24) is 5.48 Å². The third kappa shape index (κ3) is 6.09. The fourth-order valence-corrected chi connectivity index (χ4v) is 4.70. The Labute approximate surface area is 216 Å². The highest BCUT2D eigenvalue weighted by Crippen LogP contribution is 2.38.